The largest absolute Gasteiger partial charge is 0.533 e. The third-order valence-corrected chi connectivity index (χ3v) is 2.14. The lowest BCUT2D eigenvalue weighted by Gasteiger charge is -2.13. The molecule has 0 bridgehead atoms. The topological polar surface area (TPSA) is 76.2 Å². The van der Waals surface area contributed by atoms with Crippen molar-refractivity contribution in [3.63, 3.8) is 0 Å². The molecule has 0 saturated carbocycles. The normalized spacial score (nSPS) is 15.6. The van der Waals surface area contributed by atoms with Crippen molar-refractivity contribution in [2.45, 2.75) is 19.3 Å². The number of nitrogens with zero attached hydrogens (tertiary/aromatic N) is 2. The van der Waals surface area contributed by atoms with Crippen LogP contribution in [0.2, 0.25) is 0 Å². The molecular formula is C10H16N2O5. The Bertz CT molecular complexity index is 300. The van der Waals surface area contributed by atoms with Gasteiger partial charge < -0.3 is 9.64 Å². The number of amides is 2. The van der Waals surface area contributed by atoms with Gasteiger partial charge in [0.25, 0.3) is 11.8 Å². The van der Waals surface area contributed by atoms with Crippen molar-refractivity contribution in [2.24, 2.45) is 0 Å². The molecule has 7 nitrogen and oxygen atoms in total. The van der Waals surface area contributed by atoms with Gasteiger partial charge in [-0.15, -0.1) is 0 Å². The van der Waals surface area contributed by atoms with Crippen molar-refractivity contribution in [3.05, 3.63) is 0 Å². The maximum absolute atomic E-state index is 11.1. The molecule has 1 aliphatic heterocycles. The molecule has 0 N–H and O–H groups in total. The number of ether oxygens (including phenoxy) is 1. The second-order valence-corrected chi connectivity index (χ2v) is 3.93. The predicted octanol–water partition coefficient (Wildman–Crippen LogP) is 0.155. The van der Waals surface area contributed by atoms with E-state index in [9.17, 15) is 14.4 Å². The molecular weight excluding hydrogens is 228 g/mol. The fraction of sp³-hybridized carbons (Fsp3) is 0.700. The van der Waals surface area contributed by atoms with Crippen LogP contribution >= 0.6 is 0 Å². The van der Waals surface area contributed by atoms with E-state index in [-0.39, 0.29) is 19.4 Å². The highest BCUT2D eigenvalue weighted by Crippen LogP contribution is 2.12. The van der Waals surface area contributed by atoms with E-state index in [1.807, 2.05) is 19.0 Å². The van der Waals surface area contributed by atoms with Gasteiger partial charge in [-0.1, -0.05) is 5.06 Å². The zero-order valence-corrected chi connectivity index (χ0v) is 9.97. The molecule has 0 aromatic carbocycles. The highest BCUT2D eigenvalue weighted by molar-refractivity contribution is 6.01. The molecule has 1 aliphatic rings. The predicted molar refractivity (Wildman–Crippen MR) is 56.7 cm³/mol. The lowest BCUT2D eigenvalue weighted by Crippen LogP contribution is -2.32. The van der Waals surface area contributed by atoms with Crippen molar-refractivity contribution in [1.82, 2.24) is 9.96 Å². The smallest absolute Gasteiger partial charge is 0.433 e. The van der Waals surface area contributed by atoms with Crippen molar-refractivity contribution in [3.8, 4) is 0 Å². The SMILES string of the molecule is CN(C)CCCOC(=O)ON1C(=O)CCC1=O. The van der Waals surface area contributed by atoms with E-state index < -0.39 is 18.0 Å². The molecule has 0 aromatic rings. The molecule has 0 radical (unpaired) electrons. The zero-order valence-electron chi connectivity index (χ0n) is 9.97. The Morgan fingerprint density at radius 3 is 2.41 bits per heavy atom. The molecule has 0 unspecified atom stereocenters. The molecule has 1 saturated heterocycles. The zero-order chi connectivity index (χ0) is 12.8. The average molecular weight is 244 g/mol. The summed E-state index contributed by atoms with van der Waals surface area (Å²) < 4.78 is 4.72. The van der Waals surface area contributed by atoms with E-state index in [0.717, 1.165) is 6.54 Å². The van der Waals surface area contributed by atoms with Crippen LogP contribution < -0.4 is 0 Å². The van der Waals surface area contributed by atoms with E-state index >= 15 is 0 Å². The van der Waals surface area contributed by atoms with Crippen molar-refractivity contribution in [2.75, 3.05) is 27.2 Å². The number of carbonyl (C=O) groups is 3. The van der Waals surface area contributed by atoms with Gasteiger partial charge in [-0.25, -0.2) is 4.79 Å². The Balaban J connectivity index is 2.21. The first-order valence-electron chi connectivity index (χ1n) is 5.36. The first-order chi connectivity index (χ1) is 8.00. The quantitative estimate of drug-likeness (QED) is 0.389. The fourth-order valence-electron chi connectivity index (χ4n) is 1.30. The first kappa shape index (κ1) is 13.4. The second kappa shape index (κ2) is 6.19. The third-order valence-electron chi connectivity index (χ3n) is 2.14. The molecule has 0 aliphatic carbocycles. The molecule has 0 aromatic heterocycles. The molecule has 0 atom stereocenters. The van der Waals surface area contributed by atoms with Gasteiger partial charge >= 0.3 is 6.16 Å². The van der Waals surface area contributed by atoms with E-state index in [2.05, 4.69) is 4.84 Å². The van der Waals surface area contributed by atoms with Crippen LogP contribution in [-0.4, -0.2) is 55.2 Å². The summed E-state index contributed by atoms with van der Waals surface area (Å²) in [4.78, 5) is 39.8. The van der Waals surface area contributed by atoms with Crippen LogP contribution in [0.5, 0.6) is 0 Å². The van der Waals surface area contributed by atoms with Crippen LogP contribution in [-0.2, 0) is 19.2 Å². The molecule has 7 heteroatoms. The number of carbonyl (C=O) groups excluding carboxylic acids is 3. The van der Waals surface area contributed by atoms with Crippen LogP contribution in [0.25, 0.3) is 0 Å². The van der Waals surface area contributed by atoms with Crippen molar-refractivity contribution in [1.29, 1.82) is 0 Å². The van der Waals surface area contributed by atoms with E-state index in [4.69, 9.17) is 4.74 Å². The van der Waals surface area contributed by atoms with Crippen LogP contribution in [0.4, 0.5) is 4.79 Å². The van der Waals surface area contributed by atoms with E-state index in [1.165, 1.54) is 0 Å². The van der Waals surface area contributed by atoms with E-state index in [0.29, 0.717) is 11.5 Å². The average Bonchev–Trinajstić information content (AvgIpc) is 2.56. The Morgan fingerprint density at radius 1 is 1.29 bits per heavy atom. The van der Waals surface area contributed by atoms with Crippen molar-refractivity contribution >= 4 is 18.0 Å². The van der Waals surface area contributed by atoms with E-state index in [1.54, 1.807) is 0 Å². The van der Waals surface area contributed by atoms with Gasteiger partial charge in [-0.3, -0.25) is 14.4 Å². The van der Waals surface area contributed by atoms with Gasteiger partial charge in [0, 0.05) is 19.4 Å². The lowest BCUT2D eigenvalue weighted by atomic mass is 10.4. The number of imide groups is 1. The second-order valence-electron chi connectivity index (χ2n) is 3.93. The molecule has 1 heterocycles. The van der Waals surface area contributed by atoms with Crippen molar-refractivity contribution < 1.29 is 24.0 Å². The van der Waals surface area contributed by atoms with Crippen LogP contribution in [0, 0.1) is 0 Å². The Morgan fingerprint density at radius 2 is 1.88 bits per heavy atom. The lowest BCUT2D eigenvalue weighted by molar-refractivity contribution is -0.177. The highest BCUT2D eigenvalue weighted by atomic mass is 16.8. The summed E-state index contributed by atoms with van der Waals surface area (Å²) in [6.45, 7) is 0.960. The summed E-state index contributed by atoms with van der Waals surface area (Å²) in [6.07, 6.45) is -0.212. The number of hydrogen-bond acceptors (Lipinski definition) is 6. The minimum Gasteiger partial charge on any atom is -0.433 e. The minimum absolute atomic E-state index is 0.0761. The maximum atomic E-state index is 11.1. The van der Waals surface area contributed by atoms with Gasteiger partial charge in [-0.05, 0) is 20.5 Å². The first-order valence-corrected chi connectivity index (χ1v) is 5.36. The van der Waals surface area contributed by atoms with Crippen LogP contribution in [0.1, 0.15) is 19.3 Å². The number of rotatable bonds is 5. The monoisotopic (exact) mass is 244 g/mol. The molecule has 1 rings (SSSR count). The Hall–Kier alpha value is -1.63. The van der Waals surface area contributed by atoms with Gasteiger partial charge in [0.2, 0.25) is 0 Å². The van der Waals surface area contributed by atoms with Gasteiger partial charge in [0.1, 0.15) is 0 Å². The Kier molecular flexibility index (Phi) is 4.89. The fourth-order valence-corrected chi connectivity index (χ4v) is 1.30. The standard InChI is InChI=1S/C10H16N2O5/c1-11(2)6-3-7-16-10(15)17-12-8(13)4-5-9(12)14/h3-7H2,1-2H3. The highest BCUT2D eigenvalue weighted by Gasteiger charge is 2.33. The number of hydrogen-bond donors (Lipinski definition) is 0. The molecule has 2 amide bonds. The van der Waals surface area contributed by atoms with Gasteiger partial charge in [0.15, 0.2) is 0 Å². The summed E-state index contributed by atoms with van der Waals surface area (Å²) >= 11 is 0. The maximum Gasteiger partial charge on any atom is 0.533 e. The van der Waals surface area contributed by atoms with Gasteiger partial charge in [-0.2, -0.15) is 0 Å². The summed E-state index contributed by atoms with van der Waals surface area (Å²) in [6, 6.07) is 0. The van der Waals surface area contributed by atoms with Gasteiger partial charge in [0.05, 0.1) is 6.61 Å². The Labute approximate surface area is 99.2 Å². The van der Waals surface area contributed by atoms with Crippen LogP contribution in [0.3, 0.4) is 0 Å². The summed E-state index contributed by atoms with van der Waals surface area (Å²) in [5, 5.41) is 0.467. The molecule has 1 fully saturated rings. The van der Waals surface area contributed by atoms with Crippen LogP contribution in [0.15, 0.2) is 0 Å². The minimum atomic E-state index is -1.02. The summed E-state index contributed by atoms with van der Waals surface area (Å²) in [5.41, 5.74) is 0. The molecule has 0 spiro atoms. The molecule has 17 heavy (non-hydrogen) atoms. The summed E-state index contributed by atoms with van der Waals surface area (Å²) in [5.74, 6) is -1.03. The summed E-state index contributed by atoms with van der Waals surface area (Å²) in [7, 11) is 3.81. The molecule has 96 valence electrons. The number of hydroxylamine groups is 2. The third kappa shape index (κ3) is 4.39.